The predicted molar refractivity (Wildman–Crippen MR) is 79.7 cm³/mol. The smallest absolute Gasteiger partial charge is 0.258 e. The Morgan fingerprint density at radius 2 is 2.10 bits per heavy atom. The number of nitrogens with zero attached hydrogens (tertiary/aromatic N) is 1. The van der Waals surface area contributed by atoms with Crippen LogP contribution in [0.1, 0.15) is 21.5 Å². The topological polar surface area (TPSA) is 78.9 Å². The molecule has 0 aliphatic carbocycles. The molecule has 6 heteroatoms. The molecule has 0 saturated carbocycles. The fraction of sp³-hybridized carbons (Fsp3) is 0.0667. The predicted octanol–water partition coefficient (Wildman–Crippen LogP) is 3.49. The molecule has 0 unspecified atom stereocenters. The number of nitrogens with two attached hydrogens (primary N) is 1. The molecule has 0 aliphatic heterocycles. The SMILES string of the molecule is Cc1cc(N)cc(C(=O)Nc2cc(C#N)ccc2Cl)c1F. The third-order valence-corrected chi connectivity index (χ3v) is 3.19. The number of halogens is 2. The molecule has 0 saturated heterocycles. The minimum absolute atomic E-state index is 0.175. The molecule has 0 aliphatic rings. The maximum absolute atomic E-state index is 14.0. The Kier molecular flexibility index (Phi) is 4.10. The number of hydrogen-bond acceptors (Lipinski definition) is 3. The number of rotatable bonds is 2. The van der Waals surface area contributed by atoms with E-state index < -0.39 is 11.7 Å². The van der Waals surface area contributed by atoms with Crippen molar-refractivity contribution in [1.82, 2.24) is 0 Å². The number of amides is 1. The zero-order valence-electron chi connectivity index (χ0n) is 11.1. The lowest BCUT2D eigenvalue weighted by Crippen LogP contribution is -2.15. The van der Waals surface area contributed by atoms with Crippen LogP contribution in [0.5, 0.6) is 0 Å². The first-order valence-corrected chi connectivity index (χ1v) is 6.37. The van der Waals surface area contributed by atoms with Crippen LogP contribution in [-0.4, -0.2) is 5.91 Å². The Balaban J connectivity index is 2.37. The van der Waals surface area contributed by atoms with Gasteiger partial charge < -0.3 is 11.1 Å². The zero-order chi connectivity index (χ0) is 15.6. The Morgan fingerprint density at radius 3 is 2.76 bits per heavy atom. The molecule has 106 valence electrons. The van der Waals surface area contributed by atoms with Crippen LogP contribution in [0.2, 0.25) is 5.02 Å². The number of nitrogen functional groups attached to an aromatic ring is 1. The molecule has 1 amide bonds. The number of benzene rings is 2. The molecule has 3 N–H and O–H groups in total. The van der Waals surface area contributed by atoms with Crippen molar-refractivity contribution < 1.29 is 9.18 Å². The van der Waals surface area contributed by atoms with Crippen molar-refractivity contribution in [3.8, 4) is 6.07 Å². The summed E-state index contributed by atoms with van der Waals surface area (Å²) in [5.74, 6) is -1.32. The lowest BCUT2D eigenvalue weighted by molar-refractivity contribution is 0.102. The van der Waals surface area contributed by atoms with Crippen LogP contribution in [0.15, 0.2) is 30.3 Å². The summed E-state index contributed by atoms with van der Waals surface area (Å²) in [7, 11) is 0. The van der Waals surface area contributed by atoms with Gasteiger partial charge in [-0.2, -0.15) is 5.26 Å². The molecule has 0 radical (unpaired) electrons. The van der Waals surface area contributed by atoms with E-state index in [0.717, 1.165) is 0 Å². The molecule has 0 bridgehead atoms. The van der Waals surface area contributed by atoms with Crippen LogP contribution in [0.25, 0.3) is 0 Å². The lowest BCUT2D eigenvalue weighted by Gasteiger charge is -2.10. The summed E-state index contributed by atoms with van der Waals surface area (Å²) in [5, 5.41) is 11.6. The van der Waals surface area contributed by atoms with Crippen LogP contribution in [0.4, 0.5) is 15.8 Å². The van der Waals surface area contributed by atoms with Crippen molar-refractivity contribution in [2.24, 2.45) is 0 Å². The van der Waals surface area contributed by atoms with Crippen LogP contribution in [0, 0.1) is 24.1 Å². The Bertz CT molecular complexity index is 768. The minimum Gasteiger partial charge on any atom is -0.399 e. The highest BCUT2D eigenvalue weighted by molar-refractivity contribution is 6.34. The number of nitrogens with one attached hydrogen (secondary N) is 1. The molecule has 2 aromatic rings. The molecule has 2 aromatic carbocycles. The van der Waals surface area contributed by atoms with E-state index in [1.807, 2.05) is 6.07 Å². The summed E-state index contributed by atoms with van der Waals surface area (Å²) < 4.78 is 14.0. The van der Waals surface area contributed by atoms with Crippen molar-refractivity contribution in [2.45, 2.75) is 6.92 Å². The van der Waals surface area contributed by atoms with Gasteiger partial charge in [0.2, 0.25) is 0 Å². The van der Waals surface area contributed by atoms with Crippen molar-refractivity contribution in [2.75, 3.05) is 11.1 Å². The highest BCUT2D eigenvalue weighted by Crippen LogP contribution is 2.24. The van der Waals surface area contributed by atoms with Gasteiger partial charge in [0.25, 0.3) is 5.91 Å². The first-order valence-electron chi connectivity index (χ1n) is 5.99. The number of hydrogen-bond donors (Lipinski definition) is 2. The van der Waals surface area contributed by atoms with E-state index in [0.29, 0.717) is 5.56 Å². The van der Waals surface area contributed by atoms with Gasteiger partial charge in [0.05, 0.1) is 27.9 Å². The minimum atomic E-state index is -0.681. The standard InChI is InChI=1S/C15H11ClFN3O/c1-8-4-10(19)6-11(14(8)17)15(21)20-13-5-9(7-18)2-3-12(13)16/h2-6H,19H2,1H3,(H,20,21). The molecule has 0 heterocycles. The normalized spacial score (nSPS) is 10.0. The second-order valence-corrected chi connectivity index (χ2v) is 4.87. The fourth-order valence-electron chi connectivity index (χ4n) is 1.84. The first kappa shape index (κ1) is 14.8. The molecule has 21 heavy (non-hydrogen) atoms. The summed E-state index contributed by atoms with van der Waals surface area (Å²) in [6, 6.07) is 9.04. The van der Waals surface area contributed by atoms with E-state index in [2.05, 4.69) is 5.32 Å². The summed E-state index contributed by atoms with van der Waals surface area (Å²) in [6.45, 7) is 1.52. The van der Waals surface area contributed by atoms with Crippen LogP contribution >= 0.6 is 11.6 Å². The number of aryl methyl sites for hydroxylation is 1. The van der Waals surface area contributed by atoms with Gasteiger partial charge in [-0.1, -0.05) is 11.6 Å². The average molecular weight is 304 g/mol. The monoisotopic (exact) mass is 303 g/mol. The Morgan fingerprint density at radius 1 is 1.38 bits per heavy atom. The van der Waals surface area contributed by atoms with Gasteiger partial charge in [-0.15, -0.1) is 0 Å². The van der Waals surface area contributed by atoms with Crippen molar-refractivity contribution in [3.05, 3.63) is 57.9 Å². The highest BCUT2D eigenvalue weighted by Gasteiger charge is 2.16. The largest absolute Gasteiger partial charge is 0.399 e. The number of carbonyl (C=O) groups excluding carboxylic acids is 1. The van der Waals surface area contributed by atoms with E-state index in [1.165, 1.54) is 37.3 Å². The molecule has 0 fully saturated rings. The molecule has 0 spiro atoms. The summed E-state index contributed by atoms with van der Waals surface area (Å²) in [5.41, 5.74) is 6.58. The third kappa shape index (κ3) is 3.12. The van der Waals surface area contributed by atoms with E-state index >= 15 is 0 Å². The summed E-state index contributed by atoms with van der Waals surface area (Å²) in [4.78, 5) is 12.1. The van der Waals surface area contributed by atoms with Crippen molar-refractivity contribution in [3.63, 3.8) is 0 Å². The van der Waals surface area contributed by atoms with Gasteiger partial charge in [0.1, 0.15) is 5.82 Å². The molecular weight excluding hydrogens is 293 g/mol. The van der Waals surface area contributed by atoms with Crippen molar-refractivity contribution in [1.29, 1.82) is 5.26 Å². The number of anilines is 2. The second kappa shape index (κ2) is 5.81. The van der Waals surface area contributed by atoms with E-state index in [-0.39, 0.29) is 27.5 Å². The van der Waals surface area contributed by atoms with Gasteiger partial charge >= 0.3 is 0 Å². The third-order valence-electron chi connectivity index (χ3n) is 2.87. The van der Waals surface area contributed by atoms with Crippen molar-refractivity contribution >= 4 is 28.9 Å². The van der Waals surface area contributed by atoms with E-state index in [9.17, 15) is 9.18 Å². The van der Waals surface area contributed by atoms with Gasteiger partial charge in [-0.05, 0) is 42.8 Å². The average Bonchev–Trinajstić information content (AvgIpc) is 2.45. The number of carbonyl (C=O) groups is 1. The maximum atomic E-state index is 14.0. The highest BCUT2D eigenvalue weighted by atomic mass is 35.5. The molecule has 0 atom stereocenters. The summed E-state index contributed by atoms with van der Waals surface area (Å²) in [6.07, 6.45) is 0. The molecule has 4 nitrogen and oxygen atoms in total. The van der Waals surface area contributed by atoms with Gasteiger partial charge in [-0.25, -0.2) is 4.39 Å². The van der Waals surface area contributed by atoms with Gasteiger partial charge in [0, 0.05) is 5.69 Å². The summed E-state index contributed by atoms with van der Waals surface area (Å²) >= 11 is 5.94. The van der Waals surface area contributed by atoms with Crippen LogP contribution in [0.3, 0.4) is 0 Å². The second-order valence-electron chi connectivity index (χ2n) is 4.46. The van der Waals surface area contributed by atoms with Crippen LogP contribution in [-0.2, 0) is 0 Å². The quantitative estimate of drug-likeness (QED) is 0.833. The lowest BCUT2D eigenvalue weighted by atomic mass is 10.1. The van der Waals surface area contributed by atoms with E-state index in [1.54, 1.807) is 0 Å². The first-order chi connectivity index (χ1) is 9.92. The maximum Gasteiger partial charge on any atom is 0.258 e. The molecule has 2 rings (SSSR count). The number of nitriles is 1. The Hall–Kier alpha value is -2.58. The van der Waals surface area contributed by atoms with Gasteiger partial charge in [0.15, 0.2) is 0 Å². The fourth-order valence-corrected chi connectivity index (χ4v) is 2.01. The van der Waals surface area contributed by atoms with Crippen LogP contribution < -0.4 is 11.1 Å². The zero-order valence-corrected chi connectivity index (χ0v) is 11.8. The molecule has 0 aromatic heterocycles. The van der Waals surface area contributed by atoms with Gasteiger partial charge in [-0.3, -0.25) is 4.79 Å². The van der Waals surface area contributed by atoms with E-state index in [4.69, 9.17) is 22.6 Å². The Labute approximate surface area is 125 Å². The molecular formula is C15H11ClFN3O.